The summed E-state index contributed by atoms with van der Waals surface area (Å²) in [6.07, 6.45) is 5.08. The van der Waals surface area contributed by atoms with E-state index in [0.717, 1.165) is 30.3 Å². The van der Waals surface area contributed by atoms with E-state index in [-0.39, 0.29) is 0 Å². The number of hydrogen-bond acceptors (Lipinski definition) is 4. The van der Waals surface area contributed by atoms with E-state index in [9.17, 15) is 0 Å². The number of aromatic nitrogens is 5. The van der Waals surface area contributed by atoms with E-state index in [1.165, 1.54) is 12.8 Å². The molecule has 0 saturated carbocycles. The first-order chi connectivity index (χ1) is 7.45. The maximum absolute atomic E-state index is 4.18. The molecule has 1 aliphatic rings. The average Bonchev–Trinajstić information content (AvgIpc) is 2.74. The van der Waals surface area contributed by atoms with E-state index >= 15 is 0 Å². The van der Waals surface area contributed by atoms with Gasteiger partial charge in [0.05, 0.1) is 0 Å². The standard InChI is InChI=1S/C10H11N5/c1-2-7-15-9(5-1)13-14-10(15)8-4-3-6-11-12-8/h3-4,6H,1-2,5,7H2. The van der Waals surface area contributed by atoms with E-state index in [4.69, 9.17) is 0 Å². The lowest BCUT2D eigenvalue weighted by Crippen LogP contribution is -2.11. The Bertz CT molecular complexity index is 462. The van der Waals surface area contributed by atoms with Crippen molar-refractivity contribution >= 4 is 0 Å². The van der Waals surface area contributed by atoms with Gasteiger partial charge in [0.2, 0.25) is 0 Å². The van der Waals surface area contributed by atoms with Crippen LogP contribution in [0.2, 0.25) is 0 Å². The van der Waals surface area contributed by atoms with Crippen molar-refractivity contribution in [3.05, 3.63) is 24.2 Å². The highest BCUT2D eigenvalue weighted by Crippen LogP contribution is 2.20. The number of nitrogens with zero attached hydrogens (tertiary/aromatic N) is 5. The Labute approximate surface area is 87.2 Å². The lowest BCUT2D eigenvalue weighted by atomic mass is 10.1. The van der Waals surface area contributed by atoms with Crippen molar-refractivity contribution in [3.8, 4) is 11.5 Å². The number of aryl methyl sites for hydroxylation is 1. The molecule has 0 bridgehead atoms. The zero-order valence-corrected chi connectivity index (χ0v) is 8.30. The summed E-state index contributed by atoms with van der Waals surface area (Å²) in [6, 6.07) is 3.78. The van der Waals surface area contributed by atoms with Gasteiger partial charge in [0.25, 0.3) is 0 Å². The largest absolute Gasteiger partial charge is 0.310 e. The first-order valence-electron chi connectivity index (χ1n) is 5.15. The van der Waals surface area contributed by atoms with Crippen molar-refractivity contribution in [2.75, 3.05) is 0 Å². The van der Waals surface area contributed by atoms with Crippen LogP contribution in [-0.4, -0.2) is 25.0 Å². The third kappa shape index (κ3) is 1.40. The maximum Gasteiger partial charge on any atom is 0.184 e. The van der Waals surface area contributed by atoms with Crippen LogP contribution in [-0.2, 0) is 13.0 Å². The van der Waals surface area contributed by atoms with Crippen LogP contribution in [0.1, 0.15) is 18.7 Å². The topological polar surface area (TPSA) is 56.5 Å². The van der Waals surface area contributed by atoms with Crippen molar-refractivity contribution in [1.29, 1.82) is 0 Å². The highest BCUT2D eigenvalue weighted by molar-refractivity contribution is 5.48. The minimum Gasteiger partial charge on any atom is -0.310 e. The first kappa shape index (κ1) is 8.52. The molecule has 5 nitrogen and oxygen atoms in total. The molecule has 2 aromatic rings. The Morgan fingerprint density at radius 2 is 2.13 bits per heavy atom. The van der Waals surface area contributed by atoms with Gasteiger partial charge in [-0.2, -0.15) is 5.10 Å². The van der Waals surface area contributed by atoms with Gasteiger partial charge in [0, 0.05) is 19.2 Å². The Balaban J connectivity index is 2.09. The second-order valence-corrected chi connectivity index (χ2v) is 3.66. The summed E-state index contributed by atoms with van der Waals surface area (Å²) in [6.45, 7) is 0.994. The van der Waals surface area contributed by atoms with Gasteiger partial charge < -0.3 is 4.57 Å². The second-order valence-electron chi connectivity index (χ2n) is 3.66. The number of rotatable bonds is 1. The summed E-state index contributed by atoms with van der Waals surface area (Å²) < 4.78 is 2.15. The SMILES string of the molecule is c1cnnc(-c2nnc3n2CCCC3)c1. The molecular formula is C10H11N5. The van der Waals surface area contributed by atoms with E-state index < -0.39 is 0 Å². The summed E-state index contributed by atoms with van der Waals surface area (Å²) in [5.41, 5.74) is 0.804. The van der Waals surface area contributed by atoms with Gasteiger partial charge in [-0.05, 0) is 25.0 Å². The van der Waals surface area contributed by atoms with Crippen LogP contribution in [0.3, 0.4) is 0 Å². The van der Waals surface area contributed by atoms with Gasteiger partial charge in [0.15, 0.2) is 5.82 Å². The van der Waals surface area contributed by atoms with Crippen molar-refractivity contribution in [1.82, 2.24) is 25.0 Å². The minimum atomic E-state index is 0.804. The Kier molecular flexibility index (Phi) is 1.94. The summed E-state index contributed by atoms with van der Waals surface area (Å²) in [5.74, 6) is 1.92. The van der Waals surface area contributed by atoms with Gasteiger partial charge in [-0.15, -0.1) is 15.3 Å². The van der Waals surface area contributed by atoms with Gasteiger partial charge in [-0.3, -0.25) is 0 Å². The molecule has 0 fully saturated rings. The zero-order valence-electron chi connectivity index (χ0n) is 8.30. The third-order valence-electron chi connectivity index (χ3n) is 2.66. The van der Waals surface area contributed by atoms with E-state index in [1.807, 2.05) is 12.1 Å². The Morgan fingerprint density at radius 1 is 1.13 bits per heavy atom. The monoisotopic (exact) mass is 201 g/mol. The normalized spacial score (nSPS) is 14.9. The summed E-state index contributed by atoms with van der Waals surface area (Å²) >= 11 is 0. The zero-order chi connectivity index (χ0) is 10.1. The van der Waals surface area contributed by atoms with Gasteiger partial charge >= 0.3 is 0 Å². The molecule has 0 unspecified atom stereocenters. The molecule has 0 N–H and O–H groups in total. The molecule has 5 heteroatoms. The van der Waals surface area contributed by atoms with Crippen LogP contribution in [0.25, 0.3) is 11.5 Å². The highest BCUT2D eigenvalue weighted by atomic mass is 15.3. The van der Waals surface area contributed by atoms with Crippen molar-refractivity contribution in [2.45, 2.75) is 25.8 Å². The summed E-state index contributed by atoms with van der Waals surface area (Å²) in [5, 5.41) is 16.3. The molecule has 3 rings (SSSR count). The lowest BCUT2D eigenvalue weighted by Gasteiger charge is -2.13. The van der Waals surface area contributed by atoms with Gasteiger partial charge in [0.1, 0.15) is 11.5 Å². The molecule has 1 aliphatic heterocycles. The van der Waals surface area contributed by atoms with Crippen LogP contribution >= 0.6 is 0 Å². The van der Waals surface area contributed by atoms with Crippen molar-refractivity contribution < 1.29 is 0 Å². The molecule has 0 aromatic carbocycles. The minimum absolute atomic E-state index is 0.804. The molecule has 15 heavy (non-hydrogen) atoms. The molecule has 0 amide bonds. The fourth-order valence-electron chi connectivity index (χ4n) is 1.92. The quantitative estimate of drug-likeness (QED) is 0.692. The van der Waals surface area contributed by atoms with Crippen molar-refractivity contribution in [3.63, 3.8) is 0 Å². The molecular weight excluding hydrogens is 190 g/mol. The fourth-order valence-corrected chi connectivity index (χ4v) is 1.92. The second kappa shape index (κ2) is 3.42. The van der Waals surface area contributed by atoms with Crippen LogP contribution in [0, 0.1) is 0 Å². The van der Waals surface area contributed by atoms with Gasteiger partial charge in [-0.25, -0.2) is 0 Å². The third-order valence-corrected chi connectivity index (χ3v) is 2.66. The molecule has 0 aliphatic carbocycles. The maximum atomic E-state index is 4.18. The lowest BCUT2D eigenvalue weighted by molar-refractivity contribution is 0.525. The summed E-state index contributed by atoms with van der Waals surface area (Å²) in [4.78, 5) is 0. The fraction of sp³-hybridized carbons (Fsp3) is 0.400. The predicted molar refractivity (Wildman–Crippen MR) is 54.0 cm³/mol. The van der Waals surface area contributed by atoms with E-state index in [1.54, 1.807) is 6.20 Å². The predicted octanol–water partition coefficient (Wildman–Crippen LogP) is 1.07. The average molecular weight is 201 g/mol. The smallest absolute Gasteiger partial charge is 0.184 e. The van der Waals surface area contributed by atoms with E-state index in [0.29, 0.717) is 0 Å². The van der Waals surface area contributed by atoms with Crippen LogP contribution in [0.15, 0.2) is 18.3 Å². The van der Waals surface area contributed by atoms with Gasteiger partial charge in [-0.1, -0.05) is 0 Å². The molecule has 0 saturated heterocycles. The van der Waals surface area contributed by atoms with Crippen molar-refractivity contribution in [2.24, 2.45) is 0 Å². The molecule has 76 valence electrons. The number of hydrogen-bond donors (Lipinski definition) is 0. The molecule has 3 heterocycles. The molecule has 2 aromatic heterocycles. The highest BCUT2D eigenvalue weighted by Gasteiger charge is 2.17. The first-order valence-corrected chi connectivity index (χ1v) is 5.15. The van der Waals surface area contributed by atoms with Crippen LogP contribution in [0.4, 0.5) is 0 Å². The van der Waals surface area contributed by atoms with Crippen LogP contribution < -0.4 is 0 Å². The number of fused-ring (bicyclic) bond motifs is 1. The molecule has 0 radical (unpaired) electrons. The molecule has 0 atom stereocenters. The van der Waals surface area contributed by atoms with E-state index in [2.05, 4.69) is 25.0 Å². The molecule has 0 spiro atoms. The Hall–Kier alpha value is -1.78. The summed E-state index contributed by atoms with van der Waals surface area (Å²) in [7, 11) is 0. The Morgan fingerprint density at radius 3 is 3.00 bits per heavy atom. The van der Waals surface area contributed by atoms with Crippen LogP contribution in [0.5, 0.6) is 0 Å².